The van der Waals surface area contributed by atoms with Crippen LogP contribution in [-0.4, -0.2) is 54.5 Å². The Bertz CT molecular complexity index is 532. The van der Waals surface area contributed by atoms with E-state index in [2.05, 4.69) is 0 Å². The lowest BCUT2D eigenvalue weighted by Crippen LogP contribution is -2.31. The van der Waals surface area contributed by atoms with Gasteiger partial charge < -0.3 is 19.8 Å². The van der Waals surface area contributed by atoms with Gasteiger partial charge in [0.05, 0.1) is 29.3 Å². The van der Waals surface area contributed by atoms with Gasteiger partial charge in [0, 0.05) is 32.0 Å². The van der Waals surface area contributed by atoms with E-state index >= 15 is 0 Å². The first-order valence-corrected chi connectivity index (χ1v) is 6.29. The summed E-state index contributed by atoms with van der Waals surface area (Å²) in [4.78, 5) is 23.2. The summed E-state index contributed by atoms with van der Waals surface area (Å²) in [7, 11) is 1.51. The number of anilines is 1. The summed E-state index contributed by atoms with van der Waals surface area (Å²) in [5.74, 6) is -1.24. The van der Waals surface area contributed by atoms with Gasteiger partial charge in [0.2, 0.25) is 0 Å². The maximum atomic E-state index is 11.1. The summed E-state index contributed by atoms with van der Waals surface area (Å²) in [6, 6.07) is 2.41. The minimum absolute atomic E-state index is 0.158. The fourth-order valence-corrected chi connectivity index (χ4v) is 2.00. The zero-order valence-corrected chi connectivity index (χ0v) is 11.9. The Morgan fingerprint density at radius 3 is 2.57 bits per heavy atom. The number of ether oxygens (including phenoxy) is 1. The van der Waals surface area contributed by atoms with Crippen molar-refractivity contribution in [2.75, 3.05) is 38.3 Å². The van der Waals surface area contributed by atoms with Crippen LogP contribution in [0.1, 0.15) is 15.9 Å². The summed E-state index contributed by atoms with van der Waals surface area (Å²) in [6.45, 7) is 2.36. The van der Waals surface area contributed by atoms with Crippen LogP contribution < -0.4 is 4.90 Å². The molecule has 0 unspecified atom stereocenters. The fourth-order valence-electron chi connectivity index (χ4n) is 2.00. The number of carboxylic acids is 1. The average Bonchev–Trinajstić information content (AvgIpc) is 2.43. The highest BCUT2D eigenvalue weighted by Crippen LogP contribution is 2.30. The van der Waals surface area contributed by atoms with E-state index in [9.17, 15) is 14.9 Å². The lowest BCUT2D eigenvalue weighted by molar-refractivity contribution is -0.385. The average molecular weight is 298 g/mol. The van der Waals surface area contributed by atoms with Crippen LogP contribution in [0.3, 0.4) is 0 Å². The number of nitro benzene ring substituents is 1. The van der Waals surface area contributed by atoms with E-state index in [-0.39, 0.29) is 24.4 Å². The predicted octanol–water partition coefficient (Wildman–Crippen LogP) is 1.05. The first-order chi connectivity index (χ1) is 9.92. The molecule has 8 nitrogen and oxygen atoms in total. The molecule has 0 saturated carbocycles. The fraction of sp³-hybridized carbons (Fsp3) is 0.462. The molecule has 0 radical (unpaired) electrons. The van der Waals surface area contributed by atoms with Crippen molar-refractivity contribution in [2.24, 2.45) is 0 Å². The Balaban J connectivity index is 3.35. The second-order valence-electron chi connectivity index (χ2n) is 4.41. The van der Waals surface area contributed by atoms with Gasteiger partial charge in [-0.05, 0) is 13.0 Å². The van der Waals surface area contributed by atoms with E-state index in [1.807, 2.05) is 0 Å². The zero-order valence-electron chi connectivity index (χ0n) is 11.9. The van der Waals surface area contributed by atoms with E-state index in [0.717, 1.165) is 6.07 Å². The van der Waals surface area contributed by atoms with E-state index in [1.165, 1.54) is 13.2 Å². The Kier molecular flexibility index (Phi) is 6.07. The van der Waals surface area contributed by atoms with Crippen molar-refractivity contribution < 1.29 is 24.7 Å². The van der Waals surface area contributed by atoms with E-state index in [1.54, 1.807) is 11.8 Å². The van der Waals surface area contributed by atoms with Gasteiger partial charge in [-0.2, -0.15) is 0 Å². The molecule has 0 bridgehead atoms. The number of nitro groups is 1. The Labute approximate surface area is 121 Å². The molecule has 0 aliphatic rings. The number of aliphatic hydroxyl groups is 1. The number of hydrogen-bond acceptors (Lipinski definition) is 6. The molecular weight excluding hydrogens is 280 g/mol. The van der Waals surface area contributed by atoms with Crippen molar-refractivity contribution in [1.29, 1.82) is 0 Å². The van der Waals surface area contributed by atoms with Crippen molar-refractivity contribution in [3.8, 4) is 0 Å². The first-order valence-electron chi connectivity index (χ1n) is 6.29. The molecule has 21 heavy (non-hydrogen) atoms. The van der Waals surface area contributed by atoms with Gasteiger partial charge in [-0.15, -0.1) is 0 Å². The molecule has 1 rings (SSSR count). The van der Waals surface area contributed by atoms with Crippen LogP contribution >= 0.6 is 0 Å². The summed E-state index contributed by atoms with van der Waals surface area (Å²) in [6.07, 6.45) is 0. The van der Waals surface area contributed by atoms with E-state index in [4.69, 9.17) is 14.9 Å². The summed E-state index contributed by atoms with van der Waals surface area (Å²) < 4.78 is 4.96. The molecule has 0 aliphatic heterocycles. The molecule has 2 N–H and O–H groups in total. The Morgan fingerprint density at radius 2 is 2.10 bits per heavy atom. The van der Waals surface area contributed by atoms with Crippen molar-refractivity contribution >= 4 is 17.3 Å². The molecule has 8 heteroatoms. The van der Waals surface area contributed by atoms with Crippen molar-refractivity contribution in [1.82, 2.24) is 0 Å². The molecule has 0 saturated heterocycles. The van der Waals surface area contributed by atoms with Crippen LogP contribution in [0.4, 0.5) is 11.4 Å². The zero-order chi connectivity index (χ0) is 16.0. The standard InChI is InChI=1S/C13H18N2O6/c1-9-11(14(3-5-16)4-6-21-2)7-10(13(17)18)8-12(9)15(19)20/h7-8,16H,3-6H2,1-2H3,(H,17,18). The lowest BCUT2D eigenvalue weighted by Gasteiger charge is -2.25. The summed E-state index contributed by atoms with van der Waals surface area (Å²) in [5.41, 5.74) is 0.343. The largest absolute Gasteiger partial charge is 0.478 e. The number of methoxy groups -OCH3 is 1. The highest BCUT2D eigenvalue weighted by molar-refractivity contribution is 5.90. The maximum Gasteiger partial charge on any atom is 0.336 e. The van der Waals surface area contributed by atoms with Crippen molar-refractivity contribution in [3.63, 3.8) is 0 Å². The van der Waals surface area contributed by atoms with Gasteiger partial charge in [0.25, 0.3) is 5.69 Å². The quantitative estimate of drug-likeness (QED) is 0.544. The molecule has 0 fully saturated rings. The number of carboxylic acid groups (broad SMARTS) is 1. The molecule has 1 aromatic rings. The molecular formula is C13H18N2O6. The van der Waals surface area contributed by atoms with Crippen LogP contribution in [0.15, 0.2) is 12.1 Å². The van der Waals surface area contributed by atoms with Crippen LogP contribution in [0.2, 0.25) is 0 Å². The van der Waals surface area contributed by atoms with Crippen molar-refractivity contribution in [2.45, 2.75) is 6.92 Å². The minimum atomic E-state index is -1.24. The summed E-state index contributed by atoms with van der Waals surface area (Å²) in [5, 5.41) is 29.3. The van der Waals surface area contributed by atoms with Gasteiger partial charge in [-0.25, -0.2) is 4.79 Å². The SMILES string of the molecule is COCCN(CCO)c1cc(C(=O)O)cc([N+](=O)[O-])c1C. The maximum absolute atomic E-state index is 11.1. The highest BCUT2D eigenvalue weighted by Gasteiger charge is 2.22. The number of rotatable bonds is 8. The van der Waals surface area contributed by atoms with Crippen LogP contribution in [0.5, 0.6) is 0 Å². The molecule has 0 heterocycles. The molecule has 1 aromatic carbocycles. The number of hydrogen-bond donors (Lipinski definition) is 2. The van der Waals surface area contributed by atoms with Crippen LogP contribution in [0, 0.1) is 17.0 Å². The number of aliphatic hydroxyl groups excluding tert-OH is 1. The molecule has 0 spiro atoms. The Hall–Kier alpha value is -2.19. The number of benzene rings is 1. The van der Waals surface area contributed by atoms with E-state index in [0.29, 0.717) is 24.4 Å². The molecule has 0 aliphatic carbocycles. The van der Waals surface area contributed by atoms with Gasteiger partial charge in [0.15, 0.2) is 0 Å². The van der Waals surface area contributed by atoms with Gasteiger partial charge >= 0.3 is 5.97 Å². The Morgan fingerprint density at radius 1 is 1.43 bits per heavy atom. The van der Waals surface area contributed by atoms with Gasteiger partial charge in [0.1, 0.15) is 0 Å². The highest BCUT2D eigenvalue weighted by atomic mass is 16.6. The number of carbonyl (C=O) groups is 1. The second-order valence-corrected chi connectivity index (χ2v) is 4.41. The van der Waals surface area contributed by atoms with Crippen LogP contribution in [0.25, 0.3) is 0 Å². The van der Waals surface area contributed by atoms with Gasteiger partial charge in [-0.1, -0.05) is 0 Å². The third-order valence-corrected chi connectivity index (χ3v) is 3.07. The van der Waals surface area contributed by atoms with Crippen molar-refractivity contribution in [3.05, 3.63) is 33.4 Å². The normalized spacial score (nSPS) is 10.4. The predicted molar refractivity (Wildman–Crippen MR) is 76.0 cm³/mol. The lowest BCUT2D eigenvalue weighted by atomic mass is 10.1. The molecule has 116 valence electrons. The third kappa shape index (κ3) is 4.14. The number of aromatic carboxylic acids is 1. The number of nitrogens with zero attached hydrogens (tertiary/aromatic N) is 2. The second kappa shape index (κ2) is 7.55. The first kappa shape index (κ1) is 16.9. The monoisotopic (exact) mass is 298 g/mol. The third-order valence-electron chi connectivity index (χ3n) is 3.07. The van der Waals surface area contributed by atoms with E-state index < -0.39 is 10.9 Å². The molecule has 0 aromatic heterocycles. The molecule has 0 atom stereocenters. The smallest absolute Gasteiger partial charge is 0.336 e. The summed E-state index contributed by atoms with van der Waals surface area (Å²) >= 11 is 0. The molecule has 0 amide bonds. The van der Waals surface area contributed by atoms with Gasteiger partial charge in [-0.3, -0.25) is 10.1 Å². The topological polar surface area (TPSA) is 113 Å². The van der Waals surface area contributed by atoms with Crippen LogP contribution in [-0.2, 0) is 4.74 Å². The minimum Gasteiger partial charge on any atom is -0.478 e.